The molecule has 0 aliphatic heterocycles. The van der Waals surface area contributed by atoms with E-state index in [1.54, 1.807) is 13.8 Å². The van der Waals surface area contributed by atoms with E-state index in [0.29, 0.717) is 10.4 Å². The average molecular weight is 222 g/mol. The van der Waals surface area contributed by atoms with Crippen LogP contribution in [0.2, 0.25) is 10.4 Å². The molecule has 0 nitrogen and oxygen atoms in total. The van der Waals surface area contributed by atoms with Crippen LogP contribution in [0.4, 0.5) is 11.7 Å². The standard InChI is InChI=1S/C4H10AsF3S/c1-3-5(4-2)9(6,7)8/h3-4H2,1-2H3. The molecule has 0 radical (unpaired) electrons. The summed E-state index contributed by atoms with van der Waals surface area (Å²) in [6.45, 7) is 3.29. The van der Waals surface area contributed by atoms with Gasteiger partial charge < -0.3 is 0 Å². The van der Waals surface area contributed by atoms with Crippen molar-refractivity contribution in [2.75, 3.05) is 0 Å². The molecule has 0 fully saturated rings. The van der Waals surface area contributed by atoms with Crippen molar-refractivity contribution in [3.8, 4) is 0 Å². The third-order valence-electron chi connectivity index (χ3n) is 0.998. The minimum atomic E-state index is -4.62. The zero-order valence-corrected chi connectivity index (χ0v) is 8.10. The van der Waals surface area contributed by atoms with Crippen molar-refractivity contribution in [2.45, 2.75) is 24.3 Å². The minimum absolute atomic E-state index is 0.377. The summed E-state index contributed by atoms with van der Waals surface area (Å²) in [5.74, 6) is 0. The number of halogens is 3. The molecule has 0 aliphatic carbocycles. The van der Waals surface area contributed by atoms with Crippen LogP contribution in [-0.2, 0) is 0 Å². The quantitative estimate of drug-likeness (QED) is 0.641. The van der Waals surface area contributed by atoms with Crippen LogP contribution in [0, 0.1) is 0 Å². The molecule has 0 N–H and O–H groups in total. The van der Waals surface area contributed by atoms with Gasteiger partial charge >= 0.3 is 58.9 Å². The van der Waals surface area contributed by atoms with E-state index in [4.69, 9.17) is 0 Å². The van der Waals surface area contributed by atoms with Crippen LogP contribution in [0.1, 0.15) is 13.8 Å². The molecule has 9 heavy (non-hydrogen) atoms. The Morgan fingerprint density at radius 2 is 1.44 bits per heavy atom. The van der Waals surface area contributed by atoms with Crippen LogP contribution in [-0.4, -0.2) is 13.5 Å². The molecule has 0 aromatic heterocycles. The second-order valence-corrected chi connectivity index (χ2v) is 12.2. The first kappa shape index (κ1) is 9.70. The van der Waals surface area contributed by atoms with Gasteiger partial charge in [0, 0.05) is 0 Å². The maximum atomic E-state index is 11.9. The summed E-state index contributed by atoms with van der Waals surface area (Å²) >= 11 is -2.36. The van der Waals surface area contributed by atoms with Gasteiger partial charge in [0.05, 0.1) is 0 Å². The monoisotopic (exact) mass is 222 g/mol. The van der Waals surface area contributed by atoms with Crippen LogP contribution in [0.25, 0.3) is 0 Å². The van der Waals surface area contributed by atoms with E-state index in [0.717, 1.165) is 0 Å². The second-order valence-electron chi connectivity index (χ2n) is 1.50. The molecule has 0 heterocycles. The zero-order valence-electron chi connectivity index (χ0n) is 5.40. The first-order valence-corrected chi connectivity index (χ1v) is 8.94. The molecule has 58 valence electrons. The second kappa shape index (κ2) is 3.77. The van der Waals surface area contributed by atoms with Gasteiger partial charge in [-0.3, -0.25) is 0 Å². The number of hydrogen-bond acceptors (Lipinski definition) is 0. The zero-order chi connectivity index (χ0) is 7.49. The van der Waals surface area contributed by atoms with Gasteiger partial charge in [-0.25, -0.2) is 0 Å². The predicted molar refractivity (Wildman–Crippen MR) is 37.6 cm³/mol. The molecular formula is C4H10AsF3S. The van der Waals surface area contributed by atoms with Gasteiger partial charge in [-0.2, -0.15) is 0 Å². The van der Waals surface area contributed by atoms with Crippen LogP contribution in [0.15, 0.2) is 0 Å². The van der Waals surface area contributed by atoms with E-state index >= 15 is 0 Å². The van der Waals surface area contributed by atoms with Gasteiger partial charge in [-0.15, -0.1) is 0 Å². The Bertz CT molecular complexity index is 78.4. The van der Waals surface area contributed by atoms with Gasteiger partial charge in [0.25, 0.3) is 0 Å². The molecule has 0 unspecified atom stereocenters. The summed E-state index contributed by atoms with van der Waals surface area (Å²) in [4.78, 5) is 0. The van der Waals surface area contributed by atoms with Crippen LogP contribution in [0.5, 0.6) is 0 Å². The third-order valence-corrected chi connectivity index (χ3v) is 10.9. The molecule has 0 bridgehead atoms. The number of rotatable bonds is 3. The molecular weight excluding hydrogens is 212 g/mol. The predicted octanol–water partition coefficient (Wildman–Crippen LogP) is 3.48. The Hall–Kier alpha value is 0.698. The van der Waals surface area contributed by atoms with Crippen molar-refractivity contribution in [1.29, 1.82) is 0 Å². The van der Waals surface area contributed by atoms with E-state index < -0.39 is 22.9 Å². The number of hydrogen-bond donors (Lipinski definition) is 0. The Kier molecular flexibility index (Phi) is 4.06. The first-order chi connectivity index (χ1) is 4.02. The van der Waals surface area contributed by atoms with Crippen LogP contribution < -0.4 is 0 Å². The molecule has 0 spiro atoms. The van der Waals surface area contributed by atoms with E-state index in [9.17, 15) is 11.7 Å². The maximum absolute atomic E-state index is 11.9. The summed E-state index contributed by atoms with van der Waals surface area (Å²) in [6, 6.07) is 0. The SMILES string of the molecule is CC[As](CC)S(F)(F)F. The molecule has 0 aliphatic rings. The van der Waals surface area contributed by atoms with Gasteiger partial charge in [0.15, 0.2) is 0 Å². The summed E-state index contributed by atoms with van der Waals surface area (Å²) in [6.07, 6.45) is 0. The van der Waals surface area contributed by atoms with Crippen molar-refractivity contribution in [1.82, 2.24) is 0 Å². The molecule has 0 saturated heterocycles. The van der Waals surface area contributed by atoms with Crippen molar-refractivity contribution in [3.05, 3.63) is 0 Å². The van der Waals surface area contributed by atoms with E-state index in [2.05, 4.69) is 0 Å². The summed E-state index contributed by atoms with van der Waals surface area (Å²) in [5.41, 5.74) is 0. The fraction of sp³-hybridized carbons (Fsp3) is 1.00. The average Bonchev–Trinajstić information content (AvgIpc) is 1.65. The van der Waals surface area contributed by atoms with Gasteiger partial charge in [0.1, 0.15) is 0 Å². The van der Waals surface area contributed by atoms with Crippen molar-refractivity contribution in [3.63, 3.8) is 0 Å². The van der Waals surface area contributed by atoms with Crippen molar-refractivity contribution < 1.29 is 11.7 Å². The Morgan fingerprint density at radius 3 is 1.44 bits per heavy atom. The molecule has 0 amide bonds. The van der Waals surface area contributed by atoms with E-state index in [1.165, 1.54) is 0 Å². The van der Waals surface area contributed by atoms with Crippen LogP contribution >= 0.6 is 9.45 Å². The normalized spacial score (nSPS) is 14.4. The van der Waals surface area contributed by atoms with E-state index in [1.807, 2.05) is 0 Å². The van der Waals surface area contributed by atoms with Crippen molar-refractivity contribution >= 4 is 22.9 Å². The molecule has 0 saturated carbocycles. The third kappa shape index (κ3) is 3.41. The van der Waals surface area contributed by atoms with Crippen molar-refractivity contribution in [2.24, 2.45) is 0 Å². The topological polar surface area (TPSA) is 0 Å². The van der Waals surface area contributed by atoms with Gasteiger partial charge in [-0.05, 0) is 0 Å². The fourth-order valence-corrected chi connectivity index (χ4v) is 5.73. The van der Waals surface area contributed by atoms with Gasteiger partial charge in [0.2, 0.25) is 0 Å². The Morgan fingerprint density at radius 1 is 1.11 bits per heavy atom. The Labute approximate surface area is 59.3 Å². The fourth-order valence-electron chi connectivity index (χ4n) is 0.516. The first-order valence-electron chi connectivity index (χ1n) is 2.69. The Balaban J connectivity index is 3.79. The summed E-state index contributed by atoms with van der Waals surface area (Å²) in [7, 11) is -4.62. The van der Waals surface area contributed by atoms with E-state index in [-0.39, 0.29) is 0 Å². The molecule has 0 aromatic rings. The van der Waals surface area contributed by atoms with Crippen LogP contribution in [0.3, 0.4) is 0 Å². The molecule has 0 rings (SSSR count). The van der Waals surface area contributed by atoms with Gasteiger partial charge in [-0.1, -0.05) is 0 Å². The molecule has 0 aromatic carbocycles. The molecule has 0 atom stereocenters. The molecule has 5 heteroatoms. The summed E-state index contributed by atoms with van der Waals surface area (Å²) < 4.78 is 35.6. The summed E-state index contributed by atoms with van der Waals surface area (Å²) in [5, 5.41) is 0.755.